The minimum absolute atomic E-state index is 0.0753. The maximum Gasteiger partial charge on any atom is 0.573 e. The third-order valence-corrected chi connectivity index (χ3v) is 8.43. The summed E-state index contributed by atoms with van der Waals surface area (Å²) >= 11 is 7.48. The topological polar surface area (TPSA) is 129 Å². The number of amides is 2. The zero-order chi connectivity index (χ0) is 33.4. The van der Waals surface area contributed by atoms with E-state index < -0.39 is 35.9 Å². The maximum absolute atomic E-state index is 14.1. The Hall–Kier alpha value is -4.30. The van der Waals surface area contributed by atoms with Crippen LogP contribution < -0.4 is 25.3 Å². The van der Waals surface area contributed by atoms with Gasteiger partial charge in [0, 0.05) is 33.2 Å². The number of hydrogen-bond acceptors (Lipinski definition) is 9. The number of nitrogens with two attached hydrogens (primary N) is 1. The smallest absolute Gasteiger partial charge is 0.494 e. The maximum atomic E-state index is 14.1. The number of alkyl halides is 3. The molecule has 1 fully saturated rings. The van der Waals surface area contributed by atoms with E-state index in [-0.39, 0.29) is 30.5 Å². The predicted molar refractivity (Wildman–Crippen MR) is 168 cm³/mol. The molecule has 0 radical (unpaired) electrons. The highest BCUT2D eigenvalue weighted by Gasteiger charge is 2.45. The van der Waals surface area contributed by atoms with E-state index in [0.29, 0.717) is 32.5 Å². The Kier molecular flexibility index (Phi) is 9.23. The van der Waals surface area contributed by atoms with Crippen LogP contribution in [0.15, 0.2) is 54.0 Å². The average molecular weight is 678 g/mol. The minimum atomic E-state index is -4.79. The minimum Gasteiger partial charge on any atom is -0.494 e. The summed E-state index contributed by atoms with van der Waals surface area (Å²) in [6.07, 6.45) is -3.70. The molecule has 2 aromatic heterocycles. The van der Waals surface area contributed by atoms with Crippen LogP contribution in [0, 0.1) is 5.41 Å². The van der Waals surface area contributed by atoms with E-state index in [1.54, 1.807) is 23.6 Å². The molecule has 5 rings (SSSR count). The Labute approximate surface area is 271 Å². The van der Waals surface area contributed by atoms with Crippen molar-refractivity contribution in [2.75, 3.05) is 19.0 Å². The highest BCUT2D eigenvalue weighted by Crippen LogP contribution is 2.36. The molecular weight excluding hydrogens is 647 g/mol. The highest BCUT2D eigenvalue weighted by atomic mass is 35.5. The Morgan fingerprint density at radius 2 is 1.85 bits per heavy atom. The molecule has 0 spiro atoms. The monoisotopic (exact) mass is 677 g/mol. The lowest BCUT2D eigenvalue weighted by atomic mass is 9.85. The number of pyridine rings is 1. The molecule has 1 saturated heterocycles. The molecule has 4 aromatic rings. The van der Waals surface area contributed by atoms with Gasteiger partial charge < -0.3 is 30.2 Å². The van der Waals surface area contributed by atoms with E-state index in [1.807, 2.05) is 20.8 Å². The fourth-order valence-corrected chi connectivity index (χ4v) is 6.13. The van der Waals surface area contributed by atoms with E-state index in [4.69, 9.17) is 26.8 Å². The Morgan fingerprint density at radius 1 is 1.13 bits per heavy atom. The van der Waals surface area contributed by atoms with Crippen molar-refractivity contribution in [1.82, 2.24) is 14.9 Å². The number of benzene rings is 2. The second-order valence-corrected chi connectivity index (χ2v) is 13.1. The number of halogens is 4. The van der Waals surface area contributed by atoms with Crippen LogP contribution in [0.2, 0.25) is 5.02 Å². The molecule has 0 saturated carbocycles. The summed E-state index contributed by atoms with van der Waals surface area (Å²) < 4.78 is 53.2. The van der Waals surface area contributed by atoms with Crippen LogP contribution in [0.3, 0.4) is 0 Å². The van der Waals surface area contributed by atoms with Gasteiger partial charge in [-0.05, 0) is 47.9 Å². The molecule has 2 aromatic carbocycles. The van der Waals surface area contributed by atoms with Gasteiger partial charge in [-0.3, -0.25) is 9.59 Å². The number of methoxy groups -OCH3 is 1. The fourth-order valence-electron chi connectivity index (χ4n) is 5.21. The fraction of sp³-hybridized carbons (Fsp3) is 0.355. The molecule has 15 heteroatoms. The first-order valence-electron chi connectivity index (χ1n) is 14.1. The van der Waals surface area contributed by atoms with E-state index in [9.17, 15) is 22.8 Å². The molecule has 10 nitrogen and oxygen atoms in total. The van der Waals surface area contributed by atoms with Gasteiger partial charge in [0.25, 0.3) is 0 Å². The van der Waals surface area contributed by atoms with Gasteiger partial charge in [-0.25, -0.2) is 9.97 Å². The van der Waals surface area contributed by atoms with Crippen molar-refractivity contribution >= 4 is 50.7 Å². The Morgan fingerprint density at radius 3 is 2.48 bits per heavy atom. The van der Waals surface area contributed by atoms with Crippen LogP contribution in [-0.2, 0) is 9.59 Å². The van der Waals surface area contributed by atoms with Crippen LogP contribution in [0.1, 0.15) is 27.2 Å². The Balaban J connectivity index is 1.35. The first-order chi connectivity index (χ1) is 21.6. The number of rotatable bonds is 9. The van der Waals surface area contributed by atoms with Gasteiger partial charge >= 0.3 is 6.36 Å². The highest BCUT2D eigenvalue weighted by molar-refractivity contribution is 7.14. The molecule has 0 unspecified atom stereocenters. The number of primary amides is 1. The third kappa shape index (κ3) is 7.39. The molecule has 1 aliphatic heterocycles. The van der Waals surface area contributed by atoms with Crippen LogP contribution in [-0.4, -0.2) is 64.9 Å². The van der Waals surface area contributed by atoms with Gasteiger partial charge in [-0.15, -0.1) is 24.5 Å². The lowest BCUT2D eigenvalue weighted by Gasteiger charge is -2.34. The largest absolute Gasteiger partial charge is 0.573 e. The number of thiazole rings is 1. The quantitative estimate of drug-likeness (QED) is 0.212. The number of aromatic nitrogens is 2. The molecule has 0 bridgehead atoms. The van der Waals surface area contributed by atoms with Gasteiger partial charge in [0.15, 0.2) is 5.13 Å². The lowest BCUT2D eigenvalue weighted by Crippen LogP contribution is -2.53. The van der Waals surface area contributed by atoms with Crippen LogP contribution in [0.4, 0.5) is 18.3 Å². The number of hydrogen-bond donors (Lipinski definition) is 2. The van der Waals surface area contributed by atoms with Crippen molar-refractivity contribution in [2.45, 2.75) is 51.7 Å². The van der Waals surface area contributed by atoms with E-state index in [0.717, 1.165) is 5.39 Å². The first-order valence-corrected chi connectivity index (χ1v) is 15.4. The number of nitrogens with zero attached hydrogens (tertiary/aromatic N) is 3. The SMILES string of the molecule is COc1cnc(O[C@@H]2C[C@@H](C(N)=O)N(C(=O)[C@@H](Nc3nc(-c4ccc(OC(F)(F)F)cc4)cs3)C(C)(C)C)C2)c2cc(Cl)ccc12. The second-order valence-electron chi connectivity index (χ2n) is 11.8. The zero-order valence-electron chi connectivity index (χ0n) is 25.2. The summed E-state index contributed by atoms with van der Waals surface area (Å²) in [7, 11) is 1.53. The predicted octanol–water partition coefficient (Wildman–Crippen LogP) is 6.28. The van der Waals surface area contributed by atoms with Crippen molar-refractivity contribution in [3.05, 3.63) is 59.1 Å². The number of likely N-dealkylation sites (tertiary alicyclic amines) is 1. The molecule has 3 atom stereocenters. The molecule has 1 aliphatic rings. The van der Waals surface area contributed by atoms with Gasteiger partial charge in [0.05, 0.1) is 25.5 Å². The molecule has 0 aliphatic carbocycles. The van der Waals surface area contributed by atoms with Gasteiger partial charge in [-0.2, -0.15) is 0 Å². The van der Waals surface area contributed by atoms with Gasteiger partial charge in [0.2, 0.25) is 17.7 Å². The molecule has 46 heavy (non-hydrogen) atoms. The van der Waals surface area contributed by atoms with Crippen molar-refractivity contribution in [1.29, 1.82) is 0 Å². The van der Waals surface area contributed by atoms with Crippen LogP contribution in [0.25, 0.3) is 22.0 Å². The lowest BCUT2D eigenvalue weighted by molar-refractivity contribution is -0.274. The number of carbonyl (C=O) groups is 2. The molecule has 3 N–H and O–H groups in total. The number of fused-ring (bicyclic) bond motifs is 1. The molecular formula is C31H31ClF3N5O5S. The molecule has 244 valence electrons. The van der Waals surface area contributed by atoms with E-state index >= 15 is 0 Å². The summed E-state index contributed by atoms with van der Waals surface area (Å²) in [5.74, 6) is -0.575. The van der Waals surface area contributed by atoms with Crippen molar-refractivity contribution < 1.29 is 37.0 Å². The van der Waals surface area contributed by atoms with Crippen molar-refractivity contribution in [3.63, 3.8) is 0 Å². The van der Waals surface area contributed by atoms with Crippen molar-refractivity contribution in [2.24, 2.45) is 11.1 Å². The number of anilines is 1. The van der Waals surface area contributed by atoms with Crippen LogP contribution in [0.5, 0.6) is 17.4 Å². The van der Waals surface area contributed by atoms with Crippen LogP contribution >= 0.6 is 22.9 Å². The summed E-state index contributed by atoms with van der Waals surface area (Å²) in [5.41, 5.74) is 6.19. The third-order valence-electron chi connectivity index (χ3n) is 7.42. The molecule has 3 heterocycles. The summed E-state index contributed by atoms with van der Waals surface area (Å²) in [5, 5.41) is 7.16. The first kappa shape index (κ1) is 33.1. The molecule has 2 amide bonds. The number of nitrogens with one attached hydrogen (secondary N) is 1. The summed E-state index contributed by atoms with van der Waals surface area (Å²) in [6.45, 7) is 5.69. The van der Waals surface area contributed by atoms with E-state index in [1.165, 1.54) is 53.8 Å². The zero-order valence-corrected chi connectivity index (χ0v) is 26.8. The normalized spacial score (nSPS) is 17.5. The summed E-state index contributed by atoms with van der Waals surface area (Å²) in [4.78, 5) is 37.0. The standard InChI is InChI=1S/C31H31ClF3N5O5S/c1-30(2,3)25(39-29-38-22(15-46-29)16-5-8-18(9-6-16)45-31(33,34)35)28(42)40-14-19(12-23(40)26(36)41)44-27-21-11-17(32)7-10-20(21)24(43-4)13-37-27/h5-11,13,15,19,23,25H,12,14H2,1-4H3,(H2,36,41)(H,38,39)/t19-,23+,25-/m1/s1. The van der Waals surface area contributed by atoms with Gasteiger partial charge in [0.1, 0.15) is 29.7 Å². The number of ether oxygens (including phenoxy) is 3. The van der Waals surface area contributed by atoms with E-state index in [2.05, 4.69) is 20.0 Å². The van der Waals surface area contributed by atoms with Gasteiger partial charge in [-0.1, -0.05) is 32.4 Å². The Bertz CT molecular complexity index is 1750. The van der Waals surface area contributed by atoms with Crippen molar-refractivity contribution in [3.8, 4) is 28.6 Å². The average Bonchev–Trinajstić information content (AvgIpc) is 3.62. The summed E-state index contributed by atoms with van der Waals surface area (Å²) in [6, 6.07) is 8.79. The number of carbonyl (C=O) groups excluding carboxylic acids is 2. The second kappa shape index (κ2) is 12.8.